The highest BCUT2D eigenvalue weighted by molar-refractivity contribution is 6.38. The molecule has 3 aliphatic heterocycles. The van der Waals surface area contributed by atoms with Gasteiger partial charge in [0.05, 0.1) is 6.04 Å². The number of fused-ring (bicyclic) bond motifs is 5. The van der Waals surface area contributed by atoms with Crippen molar-refractivity contribution in [3.63, 3.8) is 0 Å². The molecule has 0 spiro atoms. The SMILES string of the molecule is CC(C)(C)[C@H](CC(=O)CC1CCCCCCCCC[C@@H](C(=O)C(=O)CC2CC2)CC(=O)[C@@H]2[C@@H]3[C@H](CN2C1=O)C3(C)C)CN1C(=O)C2CCC(C2)C1=O. The summed E-state index contributed by atoms with van der Waals surface area (Å²) in [6.07, 6.45) is 12.4. The average molecular weight is 721 g/mol. The second-order valence-electron chi connectivity index (χ2n) is 19.4. The van der Waals surface area contributed by atoms with Crippen molar-refractivity contribution in [3.05, 3.63) is 0 Å². The predicted molar refractivity (Wildman–Crippen MR) is 197 cm³/mol. The van der Waals surface area contributed by atoms with E-state index in [0.717, 1.165) is 70.6 Å². The number of imide groups is 1. The van der Waals surface area contributed by atoms with E-state index in [9.17, 15) is 33.6 Å². The van der Waals surface area contributed by atoms with Gasteiger partial charge >= 0.3 is 0 Å². The smallest absolute Gasteiger partial charge is 0.232 e. The van der Waals surface area contributed by atoms with Crippen molar-refractivity contribution >= 4 is 40.9 Å². The van der Waals surface area contributed by atoms with Gasteiger partial charge in [-0.1, -0.05) is 79.6 Å². The van der Waals surface area contributed by atoms with Crippen LogP contribution in [0.5, 0.6) is 0 Å². The zero-order valence-corrected chi connectivity index (χ0v) is 32.6. The molecule has 6 fully saturated rings. The van der Waals surface area contributed by atoms with Crippen molar-refractivity contribution < 1.29 is 33.6 Å². The van der Waals surface area contributed by atoms with Crippen molar-refractivity contribution in [2.45, 2.75) is 156 Å². The molecule has 9 heteroatoms. The molecular weight excluding hydrogens is 656 g/mol. The highest BCUT2D eigenvalue weighted by Crippen LogP contribution is 2.65. The van der Waals surface area contributed by atoms with E-state index in [1.807, 2.05) is 20.8 Å². The molecule has 8 atom stereocenters. The summed E-state index contributed by atoms with van der Waals surface area (Å²) in [5.41, 5.74) is -0.433. The molecule has 3 unspecified atom stereocenters. The van der Waals surface area contributed by atoms with Gasteiger partial charge in [-0.3, -0.25) is 38.5 Å². The average Bonchev–Trinajstić information content (AvgIpc) is 3.82. The number of ketones is 4. The summed E-state index contributed by atoms with van der Waals surface area (Å²) < 4.78 is 0. The van der Waals surface area contributed by atoms with E-state index in [2.05, 4.69) is 13.8 Å². The number of piperidine rings is 2. The van der Waals surface area contributed by atoms with Crippen molar-refractivity contribution in [1.29, 1.82) is 0 Å². The second-order valence-corrected chi connectivity index (χ2v) is 19.4. The lowest BCUT2D eigenvalue weighted by atomic mass is 9.76. The largest absolute Gasteiger partial charge is 0.332 e. The maximum atomic E-state index is 14.6. The van der Waals surface area contributed by atoms with Crippen LogP contribution < -0.4 is 0 Å². The quantitative estimate of drug-likeness (QED) is 0.177. The number of hydrogen-bond acceptors (Lipinski definition) is 7. The lowest BCUT2D eigenvalue weighted by Gasteiger charge is -2.38. The number of Topliss-reactive ketones (excluding diaryl/α,β-unsaturated/α-hetero) is 4. The van der Waals surface area contributed by atoms with E-state index in [4.69, 9.17) is 0 Å². The molecule has 0 N–H and O–H groups in total. The van der Waals surface area contributed by atoms with Crippen molar-refractivity contribution in [2.75, 3.05) is 13.1 Å². The Morgan fingerprint density at radius 1 is 0.769 bits per heavy atom. The number of carbonyl (C=O) groups excluding carboxylic acids is 7. The monoisotopic (exact) mass is 720 g/mol. The minimum Gasteiger partial charge on any atom is -0.332 e. The van der Waals surface area contributed by atoms with Gasteiger partial charge in [0.2, 0.25) is 23.5 Å². The molecule has 3 saturated carbocycles. The standard InChI is InChI=1S/C43H64N2O7/c1-42(2,3)31(24-45-40(51)29-17-18-30(20-29)41(45)52)23-32(46)21-28-14-12-10-8-6-7-9-11-13-27(38(49)35(48)19-26-15-16-26)22-34(47)37-36-33(43(36,4)5)25-44(37)39(28)50/h26-31,33,36-37H,6-25H2,1-5H3/t27-,28?,29?,30?,31-,33+,36+,37-/m1/s1. The van der Waals surface area contributed by atoms with E-state index in [-0.39, 0.29) is 108 Å². The zero-order valence-electron chi connectivity index (χ0n) is 32.6. The third-order valence-electron chi connectivity index (χ3n) is 14.3. The van der Waals surface area contributed by atoms with Crippen LogP contribution in [-0.2, 0) is 33.6 Å². The molecule has 2 bridgehead atoms. The fraction of sp³-hybridized carbons (Fsp3) is 0.837. The summed E-state index contributed by atoms with van der Waals surface area (Å²) in [6.45, 7) is 11.1. The Morgan fingerprint density at radius 2 is 1.37 bits per heavy atom. The van der Waals surface area contributed by atoms with Crippen LogP contribution in [-0.4, -0.2) is 69.8 Å². The van der Waals surface area contributed by atoms with Crippen LogP contribution in [0.25, 0.3) is 0 Å². The molecule has 6 aliphatic rings. The molecule has 3 heterocycles. The number of rotatable bonds is 10. The minimum atomic E-state index is -0.638. The van der Waals surface area contributed by atoms with Crippen LogP contribution in [0.4, 0.5) is 0 Å². The van der Waals surface area contributed by atoms with Gasteiger partial charge in [-0.15, -0.1) is 0 Å². The summed E-state index contributed by atoms with van der Waals surface area (Å²) in [7, 11) is 0. The maximum absolute atomic E-state index is 14.6. The lowest BCUT2D eigenvalue weighted by molar-refractivity contribution is -0.154. The summed E-state index contributed by atoms with van der Waals surface area (Å²) in [6, 6.07) is -0.638. The Hall–Kier alpha value is -2.71. The summed E-state index contributed by atoms with van der Waals surface area (Å²) in [5.74, 6) is -2.35. The Kier molecular flexibility index (Phi) is 11.7. The van der Waals surface area contributed by atoms with E-state index in [1.54, 1.807) is 4.90 Å². The van der Waals surface area contributed by atoms with Gasteiger partial charge < -0.3 is 4.90 Å². The molecule has 3 saturated heterocycles. The van der Waals surface area contributed by atoms with Gasteiger partial charge in [0.1, 0.15) is 5.78 Å². The van der Waals surface area contributed by atoms with Crippen molar-refractivity contribution in [2.24, 2.45) is 58.2 Å². The fourth-order valence-electron chi connectivity index (χ4n) is 10.4. The molecule has 288 valence electrons. The third kappa shape index (κ3) is 8.48. The molecule has 0 aromatic rings. The number of nitrogens with zero attached hydrogens (tertiary/aromatic N) is 2. The first-order chi connectivity index (χ1) is 24.6. The molecule has 9 nitrogen and oxygen atoms in total. The Morgan fingerprint density at radius 3 is 1.96 bits per heavy atom. The number of likely N-dealkylation sites (tertiary alicyclic amines) is 1. The molecule has 52 heavy (non-hydrogen) atoms. The summed E-state index contributed by atoms with van der Waals surface area (Å²) in [5, 5.41) is 0. The molecule has 0 aromatic heterocycles. The van der Waals surface area contributed by atoms with E-state index >= 15 is 0 Å². The highest BCUT2D eigenvalue weighted by atomic mass is 16.2. The molecule has 6 rings (SSSR count). The van der Waals surface area contributed by atoms with E-state index in [0.29, 0.717) is 31.7 Å². The molecule has 3 aliphatic carbocycles. The number of amides is 3. The second kappa shape index (κ2) is 15.6. The van der Waals surface area contributed by atoms with Crippen LogP contribution in [0, 0.1) is 58.2 Å². The van der Waals surface area contributed by atoms with Gasteiger partial charge in [0, 0.05) is 62.4 Å². The van der Waals surface area contributed by atoms with Gasteiger partial charge in [-0.25, -0.2) is 0 Å². The first-order valence-electron chi connectivity index (χ1n) is 20.8. The zero-order chi connectivity index (χ0) is 37.5. The highest BCUT2D eigenvalue weighted by Gasteiger charge is 2.69. The van der Waals surface area contributed by atoms with Gasteiger partial charge in [-0.05, 0) is 79.4 Å². The first-order valence-corrected chi connectivity index (χ1v) is 20.8. The van der Waals surface area contributed by atoms with Crippen LogP contribution in [0.3, 0.4) is 0 Å². The van der Waals surface area contributed by atoms with E-state index < -0.39 is 23.7 Å². The van der Waals surface area contributed by atoms with Gasteiger partial charge in [-0.2, -0.15) is 0 Å². The van der Waals surface area contributed by atoms with Crippen molar-refractivity contribution in [3.8, 4) is 0 Å². The Bertz CT molecular complexity index is 1420. The first kappa shape index (κ1) is 39.0. The lowest BCUT2D eigenvalue weighted by Crippen LogP contribution is -2.50. The molecular formula is C43H64N2O7. The fourth-order valence-corrected chi connectivity index (χ4v) is 10.4. The van der Waals surface area contributed by atoms with Crippen LogP contribution in [0.1, 0.15) is 150 Å². The molecule has 0 aromatic carbocycles. The van der Waals surface area contributed by atoms with E-state index in [1.165, 1.54) is 4.90 Å². The number of carbonyl (C=O) groups is 7. The van der Waals surface area contributed by atoms with Gasteiger partial charge in [0.25, 0.3) is 0 Å². The summed E-state index contributed by atoms with van der Waals surface area (Å²) in [4.78, 5) is 99.0. The predicted octanol–water partition coefficient (Wildman–Crippen LogP) is 6.92. The van der Waals surface area contributed by atoms with Crippen LogP contribution in [0.2, 0.25) is 0 Å². The third-order valence-corrected chi connectivity index (χ3v) is 14.3. The van der Waals surface area contributed by atoms with Gasteiger partial charge in [0.15, 0.2) is 11.6 Å². The summed E-state index contributed by atoms with van der Waals surface area (Å²) >= 11 is 0. The number of hydrogen-bond donors (Lipinski definition) is 0. The Balaban J connectivity index is 1.19. The van der Waals surface area contributed by atoms with Crippen LogP contribution >= 0.6 is 0 Å². The van der Waals surface area contributed by atoms with Crippen molar-refractivity contribution in [1.82, 2.24) is 9.80 Å². The maximum Gasteiger partial charge on any atom is 0.232 e. The molecule has 3 amide bonds. The topological polar surface area (TPSA) is 126 Å². The van der Waals surface area contributed by atoms with Crippen LogP contribution in [0.15, 0.2) is 0 Å². The normalized spacial score (nSPS) is 33.4. The molecule has 0 radical (unpaired) electrons. The Labute approximate surface area is 311 Å². The minimum absolute atomic E-state index is 0.00446.